The fourth-order valence-electron chi connectivity index (χ4n) is 5.59. The molecule has 2 heteroatoms. The van der Waals surface area contributed by atoms with Gasteiger partial charge in [-0.1, -0.05) is 133 Å². The second kappa shape index (κ2) is 12.2. The summed E-state index contributed by atoms with van der Waals surface area (Å²) < 4.78 is 0. The summed E-state index contributed by atoms with van der Waals surface area (Å²) in [6.07, 6.45) is 7.98. The molecule has 4 rings (SSSR count). The van der Waals surface area contributed by atoms with Gasteiger partial charge in [0.2, 0.25) is 0 Å². The van der Waals surface area contributed by atoms with Gasteiger partial charge in [0.1, 0.15) is 0 Å². The van der Waals surface area contributed by atoms with Crippen LogP contribution >= 0.6 is 0 Å². The maximum atomic E-state index is 13.0. The Morgan fingerprint density at radius 1 is 0.692 bits per heavy atom. The summed E-state index contributed by atoms with van der Waals surface area (Å²) in [6, 6.07) is 25.9. The van der Waals surface area contributed by atoms with Crippen LogP contribution in [0.5, 0.6) is 0 Å². The lowest BCUT2D eigenvalue weighted by Crippen LogP contribution is -2.48. The van der Waals surface area contributed by atoms with Gasteiger partial charge in [0, 0.05) is 5.41 Å². The van der Waals surface area contributed by atoms with Gasteiger partial charge in [-0.2, -0.15) is 0 Å². The molecule has 2 atom stereocenters. The Morgan fingerprint density at radius 2 is 1.13 bits per heavy atom. The zero-order valence-electron chi connectivity index (χ0n) is 24.4. The number of carboxylic acid groups (broad SMARTS) is 1. The van der Waals surface area contributed by atoms with Crippen molar-refractivity contribution in [2.24, 2.45) is 11.3 Å². The van der Waals surface area contributed by atoms with Crippen molar-refractivity contribution >= 4 is 5.97 Å². The highest BCUT2D eigenvalue weighted by molar-refractivity contribution is 5.77. The third-order valence-corrected chi connectivity index (χ3v) is 8.35. The first-order chi connectivity index (χ1) is 18.6. The molecule has 0 aromatic heterocycles. The molecule has 3 aromatic rings. The Bertz CT molecular complexity index is 1310. The Balaban J connectivity index is 1.67. The van der Waals surface area contributed by atoms with E-state index in [9.17, 15) is 9.90 Å². The van der Waals surface area contributed by atoms with E-state index in [0.29, 0.717) is 30.6 Å². The number of rotatable bonds is 10. The van der Waals surface area contributed by atoms with Crippen LogP contribution in [0.3, 0.4) is 0 Å². The summed E-state index contributed by atoms with van der Waals surface area (Å²) in [6.45, 7) is 13.1. The summed E-state index contributed by atoms with van der Waals surface area (Å²) >= 11 is 0. The molecule has 2 unspecified atom stereocenters. The van der Waals surface area contributed by atoms with E-state index in [1.807, 2.05) is 12.2 Å². The van der Waals surface area contributed by atoms with Crippen LogP contribution < -0.4 is 5.11 Å². The van der Waals surface area contributed by atoms with Gasteiger partial charge in [-0.25, -0.2) is 0 Å². The average molecular weight is 520 g/mol. The van der Waals surface area contributed by atoms with E-state index < -0.39 is 11.4 Å². The zero-order valence-corrected chi connectivity index (χ0v) is 24.4. The fourth-order valence-corrected chi connectivity index (χ4v) is 5.59. The van der Waals surface area contributed by atoms with Gasteiger partial charge in [0.15, 0.2) is 0 Å². The van der Waals surface area contributed by atoms with Crippen molar-refractivity contribution in [1.82, 2.24) is 0 Å². The summed E-state index contributed by atoms with van der Waals surface area (Å²) in [4.78, 5) is 13.0. The first-order valence-electron chi connectivity index (χ1n) is 14.4. The van der Waals surface area contributed by atoms with E-state index in [2.05, 4.69) is 120 Å². The second-order valence-corrected chi connectivity index (χ2v) is 12.3. The van der Waals surface area contributed by atoms with E-state index in [4.69, 9.17) is 0 Å². The molecule has 3 aromatic carbocycles. The van der Waals surface area contributed by atoms with Crippen LogP contribution in [0.25, 0.3) is 0 Å². The highest BCUT2D eigenvalue weighted by Gasteiger charge is 2.39. The Labute approximate surface area is 235 Å². The first-order valence-corrected chi connectivity index (χ1v) is 14.4. The first kappa shape index (κ1) is 28.6. The van der Waals surface area contributed by atoms with Gasteiger partial charge < -0.3 is 9.90 Å². The molecule has 0 heterocycles. The number of benzene rings is 3. The third-order valence-electron chi connectivity index (χ3n) is 8.35. The maximum Gasteiger partial charge on any atom is 0.0523 e. The number of hydrogen-bond donors (Lipinski definition) is 0. The number of carboxylic acids is 1. The van der Waals surface area contributed by atoms with Crippen molar-refractivity contribution in [3.8, 4) is 0 Å². The maximum absolute atomic E-state index is 13.0. The van der Waals surface area contributed by atoms with E-state index in [0.717, 1.165) is 23.1 Å². The van der Waals surface area contributed by atoms with Crippen molar-refractivity contribution < 1.29 is 9.90 Å². The summed E-state index contributed by atoms with van der Waals surface area (Å²) in [7, 11) is 0. The SMILES string of the molecule is CC(C)c1ccc(CC2=CC(Cc3ccc(C(C)C)cc3)C(Cc3ccc(C(C)C)cc3)(C(=O)[O-])C=C2)cc1. The van der Waals surface area contributed by atoms with Crippen molar-refractivity contribution in [2.75, 3.05) is 0 Å². The monoisotopic (exact) mass is 519 g/mol. The van der Waals surface area contributed by atoms with Crippen LogP contribution in [0.4, 0.5) is 0 Å². The lowest BCUT2D eigenvalue weighted by molar-refractivity contribution is -0.318. The van der Waals surface area contributed by atoms with Gasteiger partial charge in [-0.3, -0.25) is 0 Å². The molecule has 0 saturated heterocycles. The van der Waals surface area contributed by atoms with Crippen molar-refractivity contribution in [3.63, 3.8) is 0 Å². The van der Waals surface area contributed by atoms with Crippen LogP contribution in [0.15, 0.2) is 96.6 Å². The van der Waals surface area contributed by atoms with E-state index in [1.54, 1.807) is 0 Å². The quantitative estimate of drug-likeness (QED) is 0.273. The molecule has 0 radical (unpaired) electrons. The number of carbonyl (C=O) groups excluding carboxylic acids is 1. The lowest BCUT2D eigenvalue weighted by Gasteiger charge is -2.41. The molecular formula is C37H43O2-. The van der Waals surface area contributed by atoms with E-state index in [1.165, 1.54) is 22.3 Å². The summed E-state index contributed by atoms with van der Waals surface area (Å²) in [5, 5.41) is 13.0. The molecule has 204 valence electrons. The number of carbonyl (C=O) groups is 1. The minimum Gasteiger partial charge on any atom is -0.549 e. The van der Waals surface area contributed by atoms with Crippen molar-refractivity contribution in [3.05, 3.63) is 130 Å². The van der Waals surface area contributed by atoms with Crippen molar-refractivity contribution in [1.29, 1.82) is 0 Å². The predicted molar refractivity (Wildman–Crippen MR) is 161 cm³/mol. The van der Waals surface area contributed by atoms with E-state index in [-0.39, 0.29) is 5.92 Å². The molecule has 1 aliphatic carbocycles. The highest BCUT2D eigenvalue weighted by Crippen LogP contribution is 2.41. The number of allylic oxidation sites excluding steroid dienone is 3. The average Bonchev–Trinajstić information content (AvgIpc) is 2.91. The molecule has 0 bridgehead atoms. The van der Waals surface area contributed by atoms with Crippen LogP contribution in [0, 0.1) is 11.3 Å². The Kier molecular flexibility index (Phi) is 8.95. The summed E-state index contributed by atoms with van der Waals surface area (Å²) in [5.74, 6) is 0.170. The molecule has 0 amide bonds. The predicted octanol–water partition coefficient (Wildman–Crippen LogP) is 7.93. The topological polar surface area (TPSA) is 40.1 Å². The normalized spacial score (nSPS) is 19.1. The van der Waals surface area contributed by atoms with E-state index >= 15 is 0 Å². The minimum atomic E-state index is -1.11. The molecule has 0 aliphatic heterocycles. The smallest absolute Gasteiger partial charge is 0.0523 e. The standard InChI is InChI=1S/C37H44O2/c1-25(2)32-13-7-28(8-14-32)21-31-19-20-37(36(38)39,24-30-11-17-34(18-12-30)27(5)6)35(23-31)22-29-9-15-33(16-10-29)26(3)4/h7-20,23,25-27,35H,21-22,24H2,1-6H3,(H,38,39)/p-1. The number of hydrogen-bond acceptors (Lipinski definition) is 2. The molecule has 1 aliphatic rings. The van der Waals surface area contributed by atoms with Gasteiger partial charge in [0.25, 0.3) is 0 Å². The highest BCUT2D eigenvalue weighted by atomic mass is 16.4. The lowest BCUT2D eigenvalue weighted by atomic mass is 9.65. The zero-order chi connectivity index (χ0) is 28.2. The van der Waals surface area contributed by atoms with Crippen LogP contribution in [-0.2, 0) is 24.1 Å². The second-order valence-electron chi connectivity index (χ2n) is 12.3. The Hall–Kier alpha value is -3.39. The minimum absolute atomic E-state index is 0.216. The van der Waals surface area contributed by atoms with Gasteiger partial charge in [-0.15, -0.1) is 0 Å². The Morgan fingerprint density at radius 3 is 1.56 bits per heavy atom. The molecule has 0 saturated carbocycles. The molecule has 2 nitrogen and oxygen atoms in total. The summed E-state index contributed by atoms with van der Waals surface area (Å²) in [5.41, 5.74) is 7.33. The van der Waals surface area contributed by atoms with Crippen molar-refractivity contribution in [2.45, 2.75) is 78.6 Å². The third kappa shape index (κ3) is 6.79. The van der Waals surface area contributed by atoms with Gasteiger partial charge >= 0.3 is 0 Å². The molecule has 0 spiro atoms. The number of aliphatic carboxylic acids is 1. The fraction of sp³-hybridized carbons (Fsp3) is 0.378. The molecule has 0 N–H and O–H groups in total. The van der Waals surface area contributed by atoms with Crippen LogP contribution in [0.2, 0.25) is 0 Å². The van der Waals surface area contributed by atoms with Gasteiger partial charge in [0.05, 0.1) is 5.97 Å². The van der Waals surface area contributed by atoms with Crippen LogP contribution in [0.1, 0.15) is 92.7 Å². The van der Waals surface area contributed by atoms with Crippen LogP contribution in [-0.4, -0.2) is 5.97 Å². The molecular weight excluding hydrogens is 476 g/mol. The van der Waals surface area contributed by atoms with Gasteiger partial charge in [-0.05, 0) is 81.9 Å². The molecule has 0 fully saturated rings. The largest absolute Gasteiger partial charge is 0.549 e. The molecule has 39 heavy (non-hydrogen) atoms.